The number of alkyl halides is 4. The fourth-order valence-electron chi connectivity index (χ4n) is 1.21. The zero-order chi connectivity index (χ0) is 13.1. The molecule has 0 unspecified atom stereocenters. The molecule has 0 heterocycles. The minimum absolute atomic E-state index is 0.0460. The number of ether oxygens (including phenoxy) is 1. The molecule has 1 aromatic carbocycles. The standard InChI is InChI=1S/C10H9BrF3NO2/c11-2-1-9(16)6-3-7(15)5-8(4-6)17-10(12,13)14/h3-5H,1-2,15H2. The molecule has 0 spiro atoms. The van der Waals surface area contributed by atoms with Gasteiger partial charge in [-0.2, -0.15) is 0 Å². The molecule has 2 N–H and O–H groups in total. The van der Waals surface area contributed by atoms with E-state index in [-0.39, 0.29) is 23.5 Å². The summed E-state index contributed by atoms with van der Waals surface area (Å²) in [5.41, 5.74) is 5.55. The van der Waals surface area contributed by atoms with E-state index in [1.54, 1.807) is 0 Å². The number of hydrogen-bond donors (Lipinski definition) is 1. The summed E-state index contributed by atoms with van der Waals surface area (Å²) in [6.45, 7) is 0. The summed E-state index contributed by atoms with van der Waals surface area (Å²) in [6.07, 6.45) is -4.63. The van der Waals surface area contributed by atoms with Crippen LogP contribution in [0.25, 0.3) is 0 Å². The van der Waals surface area contributed by atoms with Gasteiger partial charge in [-0.15, -0.1) is 13.2 Å². The molecule has 0 saturated carbocycles. The highest BCUT2D eigenvalue weighted by Crippen LogP contribution is 2.26. The van der Waals surface area contributed by atoms with Gasteiger partial charge in [0, 0.05) is 29.1 Å². The Hall–Kier alpha value is -1.24. The number of carbonyl (C=O) groups excluding carboxylic acids is 1. The molecule has 7 heteroatoms. The molecule has 17 heavy (non-hydrogen) atoms. The van der Waals surface area contributed by atoms with Gasteiger partial charge in [0.25, 0.3) is 0 Å². The summed E-state index contributed by atoms with van der Waals surface area (Å²) in [4.78, 5) is 11.5. The number of nitrogen functional groups attached to an aromatic ring is 1. The van der Waals surface area contributed by atoms with Gasteiger partial charge >= 0.3 is 6.36 Å². The Balaban J connectivity index is 2.98. The van der Waals surface area contributed by atoms with E-state index in [1.807, 2.05) is 0 Å². The highest BCUT2D eigenvalue weighted by atomic mass is 79.9. The molecule has 0 radical (unpaired) electrons. The second-order valence-electron chi connectivity index (χ2n) is 3.20. The first-order chi connectivity index (χ1) is 7.81. The van der Waals surface area contributed by atoms with E-state index in [0.29, 0.717) is 5.33 Å². The summed E-state index contributed by atoms with van der Waals surface area (Å²) >= 11 is 3.07. The number of rotatable bonds is 4. The zero-order valence-electron chi connectivity index (χ0n) is 8.55. The van der Waals surface area contributed by atoms with Crippen LogP contribution in [-0.2, 0) is 0 Å². The summed E-state index contributed by atoms with van der Waals surface area (Å²) in [7, 11) is 0. The van der Waals surface area contributed by atoms with Gasteiger partial charge in [0.15, 0.2) is 5.78 Å². The molecule has 0 atom stereocenters. The number of hydrogen-bond acceptors (Lipinski definition) is 3. The third kappa shape index (κ3) is 4.64. The van der Waals surface area contributed by atoms with Gasteiger partial charge in [-0.3, -0.25) is 4.79 Å². The molecule has 0 aliphatic carbocycles. The monoisotopic (exact) mass is 311 g/mol. The van der Waals surface area contributed by atoms with Crippen molar-refractivity contribution in [2.45, 2.75) is 12.8 Å². The van der Waals surface area contributed by atoms with E-state index in [1.165, 1.54) is 6.07 Å². The first-order valence-corrected chi connectivity index (χ1v) is 5.69. The zero-order valence-corrected chi connectivity index (χ0v) is 10.1. The summed E-state index contributed by atoms with van der Waals surface area (Å²) in [5.74, 6) is -0.795. The molecule has 1 rings (SSSR count). The lowest BCUT2D eigenvalue weighted by Gasteiger charge is -2.10. The maximum Gasteiger partial charge on any atom is 0.573 e. The number of halogens is 4. The second-order valence-corrected chi connectivity index (χ2v) is 3.99. The average molecular weight is 312 g/mol. The third-order valence-corrected chi connectivity index (χ3v) is 2.20. The molecular weight excluding hydrogens is 303 g/mol. The van der Waals surface area contributed by atoms with E-state index in [9.17, 15) is 18.0 Å². The van der Waals surface area contributed by atoms with Crippen molar-refractivity contribution in [3.63, 3.8) is 0 Å². The quantitative estimate of drug-likeness (QED) is 0.528. The molecule has 94 valence electrons. The van der Waals surface area contributed by atoms with Gasteiger partial charge in [0.1, 0.15) is 5.75 Å². The fourth-order valence-corrected chi connectivity index (χ4v) is 1.57. The topological polar surface area (TPSA) is 52.3 Å². The van der Waals surface area contributed by atoms with Gasteiger partial charge in [0.2, 0.25) is 0 Å². The largest absolute Gasteiger partial charge is 0.573 e. The molecule has 0 bridgehead atoms. The van der Waals surface area contributed by atoms with Crippen molar-refractivity contribution in [3.05, 3.63) is 23.8 Å². The van der Waals surface area contributed by atoms with E-state index < -0.39 is 12.1 Å². The minimum Gasteiger partial charge on any atom is -0.406 e. The van der Waals surface area contributed by atoms with Crippen LogP contribution < -0.4 is 10.5 Å². The van der Waals surface area contributed by atoms with E-state index in [4.69, 9.17) is 5.73 Å². The van der Waals surface area contributed by atoms with Crippen molar-refractivity contribution >= 4 is 27.4 Å². The predicted octanol–water partition coefficient (Wildman–Crippen LogP) is 3.14. The smallest absolute Gasteiger partial charge is 0.406 e. The number of anilines is 1. The first-order valence-electron chi connectivity index (χ1n) is 4.57. The van der Waals surface area contributed by atoms with Crippen LogP contribution in [0.3, 0.4) is 0 Å². The normalized spacial score (nSPS) is 11.3. The summed E-state index contributed by atoms with van der Waals surface area (Å²) < 4.78 is 39.7. The Kier molecular flexibility index (Phi) is 4.39. The maximum absolute atomic E-state index is 12.0. The molecular formula is C10H9BrF3NO2. The number of carbonyl (C=O) groups is 1. The van der Waals surface area contributed by atoms with E-state index in [0.717, 1.165) is 12.1 Å². The van der Waals surface area contributed by atoms with Crippen molar-refractivity contribution in [1.29, 1.82) is 0 Å². The van der Waals surface area contributed by atoms with E-state index in [2.05, 4.69) is 20.7 Å². The molecule has 0 aliphatic heterocycles. The lowest BCUT2D eigenvalue weighted by atomic mass is 10.1. The number of ketones is 1. The highest BCUT2D eigenvalue weighted by Gasteiger charge is 2.31. The SMILES string of the molecule is Nc1cc(OC(F)(F)F)cc(C(=O)CCBr)c1. The fraction of sp³-hybridized carbons (Fsp3) is 0.300. The Bertz CT molecular complexity index is 421. The van der Waals surface area contributed by atoms with Crippen LogP contribution >= 0.6 is 15.9 Å². The highest BCUT2D eigenvalue weighted by molar-refractivity contribution is 9.09. The van der Waals surface area contributed by atoms with Gasteiger partial charge in [-0.1, -0.05) is 15.9 Å². The maximum atomic E-state index is 12.0. The van der Waals surface area contributed by atoms with Crippen molar-refractivity contribution in [3.8, 4) is 5.75 Å². The molecule has 3 nitrogen and oxygen atoms in total. The van der Waals surface area contributed by atoms with Gasteiger partial charge in [0.05, 0.1) is 0 Å². The molecule has 0 saturated heterocycles. The van der Waals surface area contributed by atoms with Crippen molar-refractivity contribution in [1.82, 2.24) is 0 Å². The Morgan fingerprint density at radius 1 is 1.35 bits per heavy atom. The van der Waals surface area contributed by atoms with Crippen LogP contribution in [0.2, 0.25) is 0 Å². The summed E-state index contributed by atoms with van der Waals surface area (Å²) in [6, 6.07) is 3.35. The molecule has 0 aromatic heterocycles. The average Bonchev–Trinajstić information content (AvgIpc) is 2.14. The molecule has 1 aromatic rings. The second kappa shape index (κ2) is 5.39. The molecule has 0 amide bonds. The predicted molar refractivity (Wildman–Crippen MR) is 60.3 cm³/mol. The van der Waals surface area contributed by atoms with Crippen molar-refractivity contribution in [2.75, 3.05) is 11.1 Å². The van der Waals surface area contributed by atoms with Crippen LogP contribution in [0.5, 0.6) is 5.75 Å². The van der Waals surface area contributed by atoms with Crippen molar-refractivity contribution < 1.29 is 22.7 Å². The minimum atomic E-state index is -4.80. The lowest BCUT2D eigenvalue weighted by Crippen LogP contribution is -2.17. The Labute approximate surface area is 104 Å². The van der Waals surface area contributed by atoms with Crippen LogP contribution in [0.4, 0.5) is 18.9 Å². The molecule has 0 fully saturated rings. The first kappa shape index (κ1) is 13.8. The van der Waals surface area contributed by atoms with Crippen LogP contribution in [-0.4, -0.2) is 17.5 Å². The Morgan fingerprint density at radius 2 is 2.00 bits per heavy atom. The lowest BCUT2D eigenvalue weighted by molar-refractivity contribution is -0.274. The van der Waals surface area contributed by atoms with E-state index >= 15 is 0 Å². The van der Waals surface area contributed by atoms with Gasteiger partial charge in [-0.25, -0.2) is 0 Å². The van der Waals surface area contributed by atoms with Gasteiger partial charge < -0.3 is 10.5 Å². The third-order valence-electron chi connectivity index (χ3n) is 1.81. The summed E-state index contributed by atoms with van der Waals surface area (Å²) in [5, 5.41) is 0.427. The Morgan fingerprint density at radius 3 is 2.53 bits per heavy atom. The number of Topliss-reactive ketones (excluding diaryl/α,β-unsaturated/α-hetero) is 1. The van der Waals surface area contributed by atoms with Crippen molar-refractivity contribution in [2.24, 2.45) is 0 Å². The number of nitrogens with two attached hydrogens (primary N) is 1. The van der Waals surface area contributed by atoms with Gasteiger partial charge in [-0.05, 0) is 12.1 Å². The van der Waals surface area contributed by atoms with Crippen LogP contribution in [0.15, 0.2) is 18.2 Å². The number of benzene rings is 1. The van der Waals surface area contributed by atoms with Crippen LogP contribution in [0.1, 0.15) is 16.8 Å². The van der Waals surface area contributed by atoms with Crippen LogP contribution in [0, 0.1) is 0 Å². The molecule has 0 aliphatic rings.